The SMILES string of the molecule is CCS(=O)C1CCCC(NC(=NC)NCCc2ccc(OC(C)C)cc2)C1.I. The van der Waals surface area contributed by atoms with Gasteiger partial charge in [-0.05, 0) is 57.2 Å². The van der Waals surface area contributed by atoms with Crippen molar-refractivity contribution in [3.8, 4) is 5.75 Å². The van der Waals surface area contributed by atoms with Crippen LogP contribution in [0.4, 0.5) is 0 Å². The van der Waals surface area contributed by atoms with Crippen LogP contribution in [-0.2, 0) is 17.2 Å². The van der Waals surface area contributed by atoms with E-state index < -0.39 is 10.8 Å². The molecule has 1 saturated carbocycles. The Morgan fingerprint density at radius 1 is 1.29 bits per heavy atom. The van der Waals surface area contributed by atoms with Crippen LogP contribution in [0.2, 0.25) is 0 Å². The lowest BCUT2D eigenvalue weighted by Crippen LogP contribution is -2.47. The van der Waals surface area contributed by atoms with Crippen LogP contribution in [-0.4, -0.2) is 46.9 Å². The van der Waals surface area contributed by atoms with E-state index in [-0.39, 0.29) is 30.1 Å². The van der Waals surface area contributed by atoms with E-state index in [2.05, 4.69) is 27.8 Å². The normalized spacial score (nSPS) is 21.0. The minimum Gasteiger partial charge on any atom is -0.491 e. The number of ether oxygens (including phenoxy) is 1. The molecule has 0 spiro atoms. The number of hydrogen-bond donors (Lipinski definition) is 2. The molecule has 160 valence electrons. The van der Waals surface area contributed by atoms with E-state index in [0.29, 0.717) is 11.3 Å². The van der Waals surface area contributed by atoms with Gasteiger partial charge in [0.2, 0.25) is 0 Å². The van der Waals surface area contributed by atoms with Crippen molar-refractivity contribution >= 4 is 40.7 Å². The lowest BCUT2D eigenvalue weighted by atomic mass is 9.95. The number of nitrogens with one attached hydrogen (secondary N) is 2. The first-order chi connectivity index (χ1) is 13.0. The molecule has 3 unspecified atom stereocenters. The van der Waals surface area contributed by atoms with E-state index in [1.54, 1.807) is 7.05 Å². The third-order valence-corrected chi connectivity index (χ3v) is 6.59. The number of benzene rings is 1. The second kappa shape index (κ2) is 13.4. The van der Waals surface area contributed by atoms with Gasteiger partial charge in [0, 0.05) is 41.4 Å². The third-order valence-electron chi connectivity index (χ3n) is 4.85. The maximum Gasteiger partial charge on any atom is 0.191 e. The lowest BCUT2D eigenvalue weighted by Gasteiger charge is -2.30. The second-order valence-corrected chi connectivity index (χ2v) is 9.36. The summed E-state index contributed by atoms with van der Waals surface area (Å²) in [4.78, 5) is 4.35. The van der Waals surface area contributed by atoms with Crippen molar-refractivity contribution < 1.29 is 8.95 Å². The van der Waals surface area contributed by atoms with Crippen molar-refractivity contribution in [3.63, 3.8) is 0 Å². The molecule has 0 heterocycles. The number of nitrogens with zero attached hydrogens (tertiary/aromatic N) is 1. The highest BCUT2D eigenvalue weighted by Gasteiger charge is 2.25. The zero-order chi connectivity index (χ0) is 19.6. The van der Waals surface area contributed by atoms with E-state index in [0.717, 1.165) is 56.1 Å². The van der Waals surface area contributed by atoms with Crippen molar-refractivity contribution in [2.75, 3.05) is 19.3 Å². The largest absolute Gasteiger partial charge is 0.491 e. The molecular weight excluding hydrogens is 485 g/mol. The van der Waals surface area contributed by atoms with Gasteiger partial charge in [-0.3, -0.25) is 9.20 Å². The standard InChI is InChI=1S/C21H35N3O2S.HI/c1-5-27(25)20-8-6-7-18(15-20)24-21(22-4)23-14-13-17-9-11-19(12-10-17)26-16(2)3;/h9-12,16,18,20H,5-8,13-15H2,1-4H3,(H2,22,23,24);1H. The summed E-state index contributed by atoms with van der Waals surface area (Å²) in [6.07, 6.45) is 5.43. The van der Waals surface area contributed by atoms with Crippen molar-refractivity contribution in [1.82, 2.24) is 10.6 Å². The summed E-state index contributed by atoms with van der Waals surface area (Å²) in [6, 6.07) is 8.64. The van der Waals surface area contributed by atoms with Gasteiger partial charge in [-0.15, -0.1) is 24.0 Å². The van der Waals surface area contributed by atoms with E-state index >= 15 is 0 Å². The van der Waals surface area contributed by atoms with E-state index in [9.17, 15) is 4.21 Å². The van der Waals surface area contributed by atoms with Crippen LogP contribution in [0.25, 0.3) is 0 Å². The zero-order valence-electron chi connectivity index (χ0n) is 17.6. The van der Waals surface area contributed by atoms with Gasteiger partial charge in [0.1, 0.15) is 5.75 Å². The Morgan fingerprint density at radius 3 is 2.61 bits per heavy atom. The molecule has 7 heteroatoms. The van der Waals surface area contributed by atoms with Crippen molar-refractivity contribution in [1.29, 1.82) is 0 Å². The van der Waals surface area contributed by atoms with Crippen LogP contribution in [0.1, 0.15) is 52.0 Å². The Bertz CT molecular complexity index is 623. The molecule has 0 aliphatic heterocycles. The molecule has 1 aromatic rings. The Labute approximate surface area is 190 Å². The molecule has 0 amide bonds. The van der Waals surface area contributed by atoms with Crippen LogP contribution < -0.4 is 15.4 Å². The highest BCUT2D eigenvalue weighted by molar-refractivity contribution is 14.0. The van der Waals surface area contributed by atoms with Crippen LogP contribution in [0.5, 0.6) is 5.75 Å². The first-order valence-electron chi connectivity index (χ1n) is 10.1. The van der Waals surface area contributed by atoms with Gasteiger partial charge in [-0.2, -0.15) is 0 Å². The van der Waals surface area contributed by atoms with Crippen LogP contribution in [0.3, 0.4) is 0 Å². The molecule has 0 saturated heterocycles. The molecule has 1 aliphatic carbocycles. The summed E-state index contributed by atoms with van der Waals surface area (Å²) in [5.41, 5.74) is 1.27. The summed E-state index contributed by atoms with van der Waals surface area (Å²) >= 11 is 0. The van der Waals surface area contributed by atoms with Gasteiger partial charge < -0.3 is 15.4 Å². The topological polar surface area (TPSA) is 62.7 Å². The zero-order valence-corrected chi connectivity index (χ0v) is 20.7. The van der Waals surface area contributed by atoms with Gasteiger partial charge in [-0.1, -0.05) is 25.5 Å². The molecular formula is C21H36IN3O2S. The predicted octanol–water partition coefficient (Wildman–Crippen LogP) is 3.88. The van der Waals surface area contributed by atoms with Gasteiger partial charge in [0.05, 0.1) is 6.10 Å². The Balaban J connectivity index is 0.00000392. The fraction of sp³-hybridized carbons (Fsp3) is 0.667. The number of hydrogen-bond acceptors (Lipinski definition) is 3. The third kappa shape index (κ3) is 8.68. The predicted molar refractivity (Wildman–Crippen MR) is 131 cm³/mol. The highest BCUT2D eigenvalue weighted by atomic mass is 127. The van der Waals surface area contributed by atoms with Gasteiger partial charge in [-0.25, -0.2) is 0 Å². The second-order valence-electron chi connectivity index (χ2n) is 7.36. The fourth-order valence-electron chi connectivity index (χ4n) is 3.47. The maximum absolute atomic E-state index is 12.1. The number of rotatable bonds is 8. The number of guanidine groups is 1. The summed E-state index contributed by atoms with van der Waals surface area (Å²) in [5, 5.41) is 7.24. The summed E-state index contributed by atoms with van der Waals surface area (Å²) in [7, 11) is 1.11. The number of halogens is 1. The molecule has 0 radical (unpaired) electrons. The molecule has 28 heavy (non-hydrogen) atoms. The van der Waals surface area contributed by atoms with Crippen LogP contribution in [0.15, 0.2) is 29.3 Å². The molecule has 2 rings (SSSR count). The highest BCUT2D eigenvalue weighted by Crippen LogP contribution is 2.23. The average Bonchev–Trinajstić information content (AvgIpc) is 2.67. The first-order valence-corrected chi connectivity index (χ1v) is 11.5. The summed E-state index contributed by atoms with van der Waals surface area (Å²) < 4.78 is 17.8. The first kappa shape index (κ1) is 25.2. The van der Waals surface area contributed by atoms with Crippen LogP contribution in [0, 0.1) is 0 Å². The van der Waals surface area contributed by atoms with E-state index in [1.165, 1.54) is 5.56 Å². The number of aliphatic imine (C=N–C) groups is 1. The molecule has 0 aromatic heterocycles. The Morgan fingerprint density at radius 2 is 2.00 bits per heavy atom. The summed E-state index contributed by atoms with van der Waals surface area (Å²) in [5.74, 6) is 2.50. The van der Waals surface area contributed by atoms with Gasteiger partial charge >= 0.3 is 0 Å². The average molecular weight is 522 g/mol. The molecule has 1 aromatic carbocycles. The molecule has 5 nitrogen and oxygen atoms in total. The quantitative estimate of drug-likeness (QED) is 0.310. The fourth-order valence-corrected chi connectivity index (χ4v) is 4.82. The summed E-state index contributed by atoms with van der Waals surface area (Å²) in [6.45, 7) is 6.89. The molecule has 0 bridgehead atoms. The minimum atomic E-state index is -0.698. The van der Waals surface area contributed by atoms with Crippen molar-refractivity contribution in [2.24, 2.45) is 4.99 Å². The van der Waals surface area contributed by atoms with Gasteiger partial charge in [0.15, 0.2) is 5.96 Å². The molecule has 2 N–H and O–H groups in total. The monoisotopic (exact) mass is 521 g/mol. The van der Waals surface area contributed by atoms with Gasteiger partial charge in [0.25, 0.3) is 0 Å². The molecule has 1 aliphatic rings. The van der Waals surface area contributed by atoms with Crippen LogP contribution >= 0.6 is 24.0 Å². The van der Waals surface area contributed by atoms with E-state index in [4.69, 9.17) is 4.74 Å². The Hall–Kier alpha value is -0.830. The smallest absolute Gasteiger partial charge is 0.191 e. The molecule has 1 fully saturated rings. The maximum atomic E-state index is 12.1. The minimum absolute atomic E-state index is 0. The van der Waals surface area contributed by atoms with Crippen molar-refractivity contribution in [3.05, 3.63) is 29.8 Å². The Kier molecular flexibility index (Phi) is 12.1. The lowest BCUT2D eigenvalue weighted by molar-refractivity contribution is 0.242. The van der Waals surface area contributed by atoms with E-state index in [1.807, 2.05) is 32.9 Å². The molecule has 3 atom stereocenters. The van der Waals surface area contributed by atoms with Crippen molar-refractivity contribution in [2.45, 2.75) is 70.3 Å².